The Kier molecular flexibility index (Phi) is 4.11. The number of aliphatic hydroxyl groups excluding tert-OH is 1. The standard InChI is InChI=1S/C15H13FN2O/c16-13-6-7-14(12(8-13)9-17)18-15(10-19)11-4-2-1-3-5-11/h1-8,15,18-19H,10H2. The smallest absolute Gasteiger partial charge is 0.124 e. The van der Waals surface area contributed by atoms with Gasteiger partial charge in [-0.1, -0.05) is 30.3 Å². The van der Waals surface area contributed by atoms with Gasteiger partial charge in [-0.3, -0.25) is 0 Å². The molecule has 2 aromatic carbocycles. The molecule has 0 saturated heterocycles. The van der Waals surface area contributed by atoms with Gasteiger partial charge in [0.05, 0.1) is 23.9 Å². The van der Waals surface area contributed by atoms with Crippen molar-refractivity contribution in [1.29, 1.82) is 5.26 Å². The first-order chi connectivity index (χ1) is 9.24. The molecule has 0 bridgehead atoms. The van der Waals surface area contributed by atoms with Gasteiger partial charge in [0.25, 0.3) is 0 Å². The molecule has 0 spiro atoms. The van der Waals surface area contributed by atoms with Crippen molar-refractivity contribution in [3.05, 3.63) is 65.5 Å². The van der Waals surface area contributed by atoms with Gasteiger partial charge < -0.3 is 10.4 Å². The van der Waals surface area contributed by atoms with Crippen LogP contribution < -0.4 is 5.32 Å². The van der Waals surface area contributed by atoms with Gasteiger partial charge in [0.2, 0.25) is 0 Å². The zero-order chi connectivity index (χ0) is 13.7. The number of hydrogen-bond donors (Lipinski definition) is 2. The third kappa shape index (κ3) is 3.09. The second-order valence-corrected chi connectivity index (χ2v) is 4.09. The van der Waals surface area contributed by atoms with Crippen molar-refractivity contribution in [2.45, 2.75) is 6.04 Å². The van der Waals surface area contributed by atoms with E-state index >= 15 is 0 Å². The summed E-state index contributed by atoms with van der Waals surface area (Å²) in [7, 11) is 0. The molecule has 1 unspecified atom stereocenters. The van der Waals surface area contributed by atoms with Crippen LogP contribution in [0.4, 0.5) is 10.1 Å². The molecule has 2 N–H and O–H groups in total. The fourth-order valence-electron chi connectivity index (χ4n) is 1.84. The molecule has 3 nitrogen and oxygen atoms in total. The van der Waals surface area contributed by atoms with E-state index in [1.165, 1.54) is 18.2 Å². The summed E-state index contributed by atoms with van der Waals surface area (Å²) < 4.78 is 13.0. The lowest BCUT2D eigenvalue weighted by Gasteiger charge is -2.18. The first kappa shape index (κ1) is 13.1. The molecule has 4 heteroatoms. The predicted molar refractivity (Wildman–Crippen MR) is 71.0 cm³/mol. The van der Waals surface area contributed by atoms with Crippen molar-refractivity contribution in [2.24, 2.45) is 0 Å². The van der Waals surface area contributed by atoms with E-state index in [0.717, 1.165) is 5.56 Å². The molecule has 0 aliphatic rings. The van der Waals surface area contributed by atoms with Crippen LogP contribution in [0.3, 0.4) is 0 Å². The van der Waals surface area contributed by atoms with Gasteiger partial charge >= 0.3 is 0 Å². The molecular formula is C15H13FN2O. The van der Waals surface area contributed by atoms with E-state index in [9.17, 15) is 9.50 Å². The van der Waals surface area contributed by atoms with E-state index in [1.807, 2.05) is 36.4 Å². The van der Waals surface area contributed by atoms with Gasteiger partial charge in [0.15, 0.2) is 0 Å². The van der Waals surface area contributed by atoms with E-state index in [-0.39, 0.29) is 18.2 Å². The quantitative estimate of drug-likeness (QED) is 0.884. The minimum atomic E-state index is -0.456. The average molecular weight is 256 g/mol. The number of rotatable bonds is 4. The molecule has 0 aromatic heterocycles. The highest BCUT2D eigenvalue weighted by molar-refractivity contribution is 5.58. The number of nitriles is 1. The molecule has 2 aromatic rings. The molecular weight excluding hydrogens is 243 g/mol. The lowest BCUT2D eigenvalue weighted by Crippen LogP contribution is -2.15. The molecule has 1 atom stereocenters. The summed E-state index contributed by atoms with van der Waals surface area (Å²) in [5.74, 6) is -0.456. The van der Waals surface area contributed by atoms with E-state index < -0.39 is 5.82 Å². The van der Waals surface area contributed by atoms with Gasteiger partial charge in [-0.05, 0) is 23.8 Å². The molecule has 0 heterocycles. The SMILES string of the molecule is N#Cc1cc(F)ccc1NC(CO)c1ccccc1. The molecule has 0 fully saturated rings. The number of anilines is 1. The third-order valence-electron chi connectivity index (χ3n) is 2.82. The number of hydrogen-bond acceptors (Lipinski definition) is 3. The first-order valence-electron chi connectivity index (χ1n) is 5.86. The van der Waals surface area contributed by atoms with Crippen LogP contribution in [0.2, 0.25) is 0 Å². The van der Waals surface area contributed by atoms with Gasteiger partial charge in [0, 0.05) is 0 Å². The monoisotopic (exact) mass is 256 g/mol. The zero-order valence-electron chi connectivity index (χ0n) is 10.2. The van der Waals surface area contributed by atoms with E-state index in [2.05, 4.69) is 5.32 Å². The largest absolute Gasteiger partial charge is 0.394 e. The summed E-state index contributed by atoms with van der Waals surface area (Å²) in [5.41, 5.74) is 1.62. The normalized spacial score (nSPS) is 11.6. The number of halogens is 1. The lowest BCUT2D eigenvalue weighted by atomic mass is 10.1. The summed E-state index contributed by atoms with van der Waals surface area (Å²) in [4.78, 5) is 0. The van der Waals surface area contributed by atoms with E-state index in [0.29, 0.717) is 5.69 Å². The van der Waals surface area contributed by atoms with Crippen LogP contribution in [0.5, 0.6) is 0 Å². The zero-order valence-corrected chi connectivity index (χ0v) is 10.2. The van der Waals surface area contributed by atoms with Crippen molar-refractivity contribution in [2.75, 3.05) is 11.9 Å². The van der Waals surface area contributed by atoms with Crippen LogP contribution in [0.25, 0.3) is 0 Å². The fraction of sp³-hybridized carbons (Fsp3) is 0.133. The summed E-state index contributed by atoms with van der Waals surface area (Å²) in [6.07, 6.45) is 0. The Labute approximate surface area is 110 Å². The topological polar surface area (TPSA) is 56.0 Å². The minimum absolute atomic E-state index is 0.119. The summed E-state index contributed by atoms with van der Waals surface area (Å²) in [5, 5.41) is 21.5. The molecule has 0 aliphatic heterocycles. The highest BCUT2D eigenvalue weighted by Gasteiger charge is 2.12. The van der Waals surface area contributed by atoms with Crippen molar-refractivity contribution in [3.63, 3.8) is 0 Å². The highest BCUT2D eigenvalue weighted by Crippen LogP contribution is 2.22. The fourth-order valence-corrected chi connectivity index (χ4v) is 1.84. The Hall–Kier alpha value is -2.38. The minimum Gasteiger partial charge on any atom is -0.394 e. The van der Waals surface area contributed by atoms with Crippen LogP contribution in [-0.4, -0.2) is 11.7 Å². The van der Waals surface area contributed by atoms with Gasteiger partial charge in [0.1, 0.15) is 11.9 Å². The van der Waals surface area contributed by atoms with Gasteiger partial charge in [-0.25, -0.2) is 4.39 Å². The molecule has 0 radical (unpaired) electrons. The van der Waals surface area contributed by atoms with Crippen LogP contribution in [-0.2, 0) is 0 Å². The van der Waals surface area contributed by atoms with Crippen molar-refractivity contribution < 1.29 is 9.50 Å². The maximum absolute atomic E-state index is 13.0. The van der Waals surface area contributed by atoms with Gasteiger partial charge in [-0.15, -0.1) is 0 Å². The van der Waals surface area contributed by atoms with Gasteiger partial charge in [-0.2, -0.15) is 5.26 Å². The molecule has 19 heavy (non-hydrogen) atoms. The predicted octanol–water partition coefficient (Wildman–Crippen LogP) is 2.84. The van der Waals surface area contributed by atoms with Crippen molar-refractivity contribution in [1.82, 2.24) is 0 Å². The highest BCUT2D eigenvalue weighted by atomic mass is 19.1. The Balaban J connectivity index is 2.27. The summed E-state index contributed by atoms with van der Waals surface area (Å²) in [6.45, 7) is -0.119. The number of benzene rings is 2. The average Bonchev–Trinajstić information content (AvgIpc) is 2.46. The molecule has 0 aliphatic carbocycles. The second-order valence-electron chi connectivity index (χ2n) is 4.09. The number of nitrogens with zero attached hydrogens (tertiary/aromatic N) is 1. The third-order valence-corrected chi connectivity index (χ3v) is 2.82. The Bertz CT molecular complexity index is 593. The summed E-state index contributed by atoms with van der Waals surface area (Å²) >= 11 is 0. The van der Waals surface area contributed by atoms with Crippen LogP contribution in [0, 0.1) is 17.1 Å². The van der Waals surface area contributed by atoms with E-state index in [4.69, 9.17) is 5.26 Å². The maximum atomic E-state index is 13.0. The van der Waals surface area contributed by atoms with Crippen molar-refractivity contribution >= 4 is 5.69 Å². The lowest BCUT2D eigenvalue weighted by molar-refractivity contribution is 0.276. The summed E-state index contributed by atoms with van der Waals surface area (Å²) in [6, 6.07) is 14.9. The second kappa shape index (κ2) is 5.98. The first-order valence-corrected chi connectivity index (χ1v) is 5.86. The number of nitrogens with one attached hydrogen (secondary N) is 1. The van der Waals surface area contributed by atoms with Crippen LogP contribution in [0.1, 0.15) is 17.2 Å². The molecule has 96 valence electrons. The van der Waals surface area contributed by atoms with Crippen LogP contribution in [0.15, 0.2) is 48.5 Å². The Morgan fingerprint density at radius 2 is 1.95 bits per heavy atom. The molecule has 0 amide bonds. The molecule has 2 rings (SSSR count). The van der Waals surface area contributed by atoms with Crippen LogP contribution >= 0.6 is 0 Å². The Morgan fingerprint density at radius 1 is 1.21 bits per heavy atom. The number of aliphatic hydroxyl groups is 1. The molecule has 0 saturated carbocycles. The van der Waals surface area contributed by atoms with Crippen molar-refractivity contribution in [3.8, 4) is 6.07 Å². The maximum Gasteiger partial charge on any atom is 0.124 e. The Morgan fingerprint density at radius 3 is 2.58 bits per heavy atom. The van der Waals surface area contributed by atoms with E-state index in [1.54, 1.807) is 0 Å².